The summed E-state index contributed by atoms with van der Waals surface area (Å²) in [5.41, 5.74) is -0.351. The monoisotopic (exact) mass is 454 g/mol. The molecule has 0 fully saturated rings. The molecule has 11 heteroatoms. The van der Waals surface area contributed by atoms with Gasteiger partial charge >= 0.3 is 6.18 Å². The fraction of sp³-hybridized carbons (Fsp3) is 0.235. The highest BCUT2D eigenvalue weighted by molar-refractivity contribution is 7.89. The van der Waals surface area contributed by atoms with Crippen molar-refractivity contribution >= 4 is 39.1 Å². The number of carbonyl (C=O) groups is 1. The molecule has 2 aromatic rings. The molecule has 2 rings (SSSR count). The third-order valence-electron chi connectivity index (χ3n) is 3.63. The molecule has 2 N–H and O–H groups in total. The first kappa shape index (κ1) is 22.5. The van der Waals surface area contributed by atoms with Gasteiger partial charge in [-0.1, -0.05) is 35.3 Å². The number of nitrogens with one attached hydrogen (secondary N) is 2. The first-order chi connectivity index (χ1) is 13.0. The zero-order chi connectivity index (χ0) is 20.9. The molecule has 28 heavy (non-hydrogen) atoms. The van der Waals surface area contributed by atoms with Gasteiger partial charge in [-0.15, -0.1) is 0 Å². The standard InChI is InChI=1S/C17H15Cl2F3N2O3S/c18-13-5-4-11(15(19)9-13)6-7-23-16(25)10-24-28(26,27)14-3-1-2-12(8-14)17(20,21)22/h1-5,8-9,24H,6-7,10H2,(H,23,25). The Hall–Kier alpha value is -1.81. The van der Waals surface area contributed by atoms with Gasteiger partial charge in [0.2, 0.25) is 15.9 Å². The highest BCUT2D eigenvalue weighted by Crippen LogP contribution is 2.30. The Morgan fingerprint density at radius 2 is 1.79 bits per heavy atom. The van der Waals surface area contributed by atoms with E-state index < -0.39 is 39.1 Å². The Morgan fingerprint density at radius 3 is 2.43 bits per heavy atom. The van der Waals surface area contributed by atoms with Gasteiger partial charge in [-0.3, -0.25) is 4.79 Å². The van der Waals surface area contributed by atoms with Gasteiger partial charge in [0, 0.05) is 16.6 Å². The number of hydrogen-bond donors (Lipinski definition) is 2. The molecule has 1 amide bonds. The lowest BCUT2D eigenvalue weighted by atomic mass is 10.1. The Labute approximate surface area is 169 Å². The predicted molar refractivity (Wildman–Crippen MR) is 99.8 cm³/mol. The molecule has 0 spiro atoms. The zero-order valence-corrected chi connectivity index (χ0v) is 16.5. The second-order valence-corrected chi connectivity index (χ2v) is 8.30. The largest absolute Gasteiger partial charge is 0.416 e. The van der Waals surface area contributed by atoms with Gasteiger partial charge < -0.3 is 5.32 Å². The predicted octanol–water partition coefficient (Wildman–Crippen LogP) is 3.65. The number of benzene rings is 2. The molecule has 0 heterocycles. The van der Waals surface area contributed by atoms with Crippen LogP contribution in [0.3, 0.4) is 0 Å². The minimum absolute atomic E-state index is 0.186. The van der Waals surface area contributed by atoms with Gasteiger partial charge in [-0.05, 0) is 42.3 Å². The fourth-order valence-electron chi connectivity index (χ4n) is 2.21. The molecule has 0 atom stereocenters. The van der Waals surface area contributed by atoms with Crippen LogP contribution in [0, 0.1) is 0 Å². The number of halogens is 5. The smallest absolute Gasteiger partial charge is 0.355 e. The van der Waals surface area contributed by atoms with Crippen molar-refractivity contribution in [3.63, 3.8) is 0 Å². The molecule has 2 aromatic carbocycles. The molecule has 0 aliphatic rings. The number of rotatable bonds is 7. The molecule has 0 aliphatic heterocycles. The summed E-state index contributed by atoms with van der Waals surface area (Å²) in [7, 11) is -4.27. The maximum Gasteiger partial charge on any atom is 0.416 e. The van der Waals surface area contributed by atoms with Crippen LogP contribution < -0.4 is 10.0 Å². The minimum Gasteiger partial charge on any atom is -0.355 e. The first-order valence-corrected chi connectivity index (χ1v) is 10.1. The lowest BCUT2D eigenvalue weighted by molar-refractivity contribution is -0.137. The van der Waals surface area contributed by atoms with Crippen LogP contribution in [-0.4, -0.2) is 27.4 Å². The summed E-state index contributed by atoms with van der Waals surface area (Å²) in [5.74, 6) is -0.638. The lowest BCUT2D eigenvalue weighted by Gasteiger charge is -2.11. The van der Waals surface area contributed by atoms with Crippen LogP contribution in [0.5, 0.6) is 0 Å². The Morgan fingerprint density at radius 1 is 1.07 bits per heavy atom. The van der Waals surface area contributed by atoms with Crippen LogP contribution >= 0.6 is 23.2 Å². The lowest BCUT2D eigenvalue weighted by Crippen LogP contribution is -2.37. The van der Waals surface area contributed by atoms with E-state index in [1.807, 2.05) is 4.72 Å². The van der Waals surface area contributed by atoms with E-state index in [9.17, 15) is 26.4 Å². The number of sulfonamides is 1. The van der Waals surface area contributed by atoms with E-state index in [0.29, 0.717) is 22.5 Å². The minimum atomic E-state index is -4.67. The summed E-state index contributed by atoms with van der Waals surface area (Å²) in [4.78, 5) is 11.2. The number of carbonyl (C=O) groups excluding carboxylic acids is 1. The topological polar surface area (TPSA) is 75.3 Å². The van der Waals surface area contributed by atoms with Crippen LogP contribution in [0.2, 0.25) is 10.0 Å². The number of hydrogen-bond acceptors (Lipinski definition) is 3. The Balaban J connectivity index is 1.89. The van der Waals surface area contributed by atoms with E-state index in [1.165, 1.54) is 0 Å². The Bertz CT molecular complexity index is 966. The zero-order valence-electron chi connectivity index (χ0n) is 14.2. The molecular weight excluding hydrogens is 440 g/mol. The summed E-state index contributed by atoms with van der Waals surface area (Å²) in [6.07, 6.45) is -4.28. The molecule has 0 saturated heterocycles. The van der Waals surface area contributed by atoms with Crippen LogP contribution in [0.25, 0.3) is 0 Å². The van der Waals surface area contributed by atoms with Gasteiger partial charge in [0.25, 0.3) is 0 Å². The molecule has 0 bridgehead atoms. The quantitative estimate of drug-likeness (QED) is 0.670. The molecule has 152 valence electrons. The van der Waals surface area contributed by atoms with E-state index in [0.717, 1.165) is 23.8 Å². The highest BCUT2D eigenvalue weighted by atomic mass is 35.5. The van der Waals surface area contributed by atoms with Gasteiger partial charge in [0.05, 0.1) is 17.0 Å². The van der Waals surface area contributed by atoms with Crippen molar-refractivity contribution in [3.8, 4) is 0 Å². The molecule has 0 unspecified atom stereocenters. The van der Waals surface area contributed by atoms with Gasteiger partial charge in [-0.25, -0.2) is 13.1 Å². The molecule has 0 saturated carbocycles. The fourth-order valence-corrected chi connectivity index (χ4v) is 3.74. The van der Waals surface area contributed by atoms with Crippen LogP contribution in [0.1, 0.15) is 11.1 Å². The first-order valence-electron chi connectivity index (χ1n) is 7.86. The van der Waals surface area contributed by atoms with Crippen molar-refractivity contribution in [1.82, 2.24) is 10.0 Å². The van der Waals surface area contributed by atoms with E-state index in [4.69, 9.17) is 23.2 Å². The summed E-state index contributed by atoms with van der Waals surface area (Å²) < 4.78 is 64.3. The summed E-state index contributed by atoms with van der Waals surface area (Å²) in [6, 6.07) is 8.16. The van der Waals surface area contributed by atoms with E-state index in [-0.39, 0.29) is 6.54 Å². The van der Waals surface area contributed by atoms with Crippen molar-refractivity contribution in [2.75, 3.05) is 13.1 Å². The molecule has 0 aliphatic carbocycles. The summed E-state index contributed by atoms with van der Waals surface area (Å²) in [6.45, 7) is -0.432. The second-order valence-electron chi connectivity index (χ2n) is 5.69. The average molecular weight is 455 g/mol. The van der Waals surface area contributed by atoms with Gasteiger partial charge in [-0.2, -0.15) is 13.2 Å². The third-order valence-corrected chi connectivity index (χ3v) is 5.61. The summed E-state index contributed by atoms with van der Waals surface area (Å²) in [5, 5.41) is 3.41. The number of alkyl halides is 3. The molecule has 0 radical (unpaired) electrons. The Kier molecular flexibility index (Phi) is 7.33. The van der Waals surface area contributed by atoms with Crippen molar-refractivity contribution in [2.45, 2.75) is 17.5 Å². The third kappa shape index (κ3) is 6.37. The molecule has 5 nitrogen and oxygen atoms in total. The maximum atomic E-state index is 12.7. The average Bonchev–Trinajstić information content (AvgIpc) is 2.61. The van der Waals surface area contributed by atoms with Gasteiger partial charge in [0.1, 0.15) is 0 Å². The van der Waals surface area contributed by atoms with Crippen LogP contribution in [-0.2, 0) is 27.4 Å². The SMILES string of the molecule is O=C(CNS(=O)(=O)c1cccc(C(F)(F)F)c1)NCCc1ccc(Cl)cc1Cl. The van der Waals surface area contributed by atoms with E-state index >= 15 is 0 Å². The van der Waals surface area contributed by atoms with Gasteiger partial charge in [0.15, 0.2) is 0 Å². The van der Waals surface area contributed by atoms with Crippen molar-refractivity contribution < 1.29 is 26.4 Å². The summed E-state index contributed by atoms with van der Waals surface area (Å²) >= 11 is 11.8. The van der Waals surface area contributed by atoms with Crippen LogP contribution in [0.4, 0.5) is 13.2 Å². The second kappa shape index (κ2) is 9.13. The molecular formula is C17H15Cl2F3N2O3S. The van der Waals surface area contributed by atoms with E-state index in [1.54, 1.807) is 18.2 Å². The van der Waals surface area contributed by atoms with Crippen molar-refractivity contribution in [3.05, 3.63) is 63.6 Å². The number of amides is 1. The van der Waals surface area contributed by atoms with Crippen LogP contribution in [0.15, 0.2) is 47.4 Å². The van der Waals surface area contributed by atoms with E-state index in [2.05, 4.69) is 5.32 Å². The molecule has 0 aromatic heterocycles. The van der Waals surface area contributed by atoms with Crippen molar-refractivity contribution in [2.24, 2.45) is 0 Å². The highest BCUT2D eigenvalue weighted by Gasteiger charge is 2.31. The maximum absolute atomic E-state index is 12.7. The normalized spacial score (nSPS) is 12.0. The van der Waals surface area contributed by atoms with Crippen molar-refractivity contribution in [1.29, 1.82) is 0 Å².